The summed E-state index contributed by atoms with van der Waals surface area (Å²) in [6, 6.07) is 10.0. The Bertz CT molecular complexity index is 822. The summed E-state index contributed by atoms with van der Waals surface area (Å²) in [5, 5.41) is 19.4. The molecule has 0 aromatic heterocycles. The number of alkyl halides is 3. The minimum absolute atomic E-state index is 0.215. The van der Waals surface area contributed by atoms with Crippen LogP contribution < -0.4 is 4.74 Å². The van der Waals surface area contributed by atoms with Gasteiger partial charge < -0.3 is 4.74 Å². The monoisotopic (exact) mass is 334 g/mol. The van der Waals surface area contributed by atoms with Gasteiger partial charge in [0, 0.05) is 12.1 Å². The Morgan fingerprint density at radius 1 is 1.17 bits per heavy atom. The maximum Gasteiger partial charge on any atom is 0.416 e. The zero-order chi connectivity index (χ0) is 17.7. The van der Waals surface area contributed by atoms with Crippen molar-refractivity contribution in [3.63, 3.8) is 0 Å². The molecule has 0 aliphatic carbocycles. The van der Waals surface area contributed by atoms with Crippen molar-refractivity contribution in [1.82, 2.24) is 0 Å². The van der Waals surface area contributed by atoms with Crippen LogP contribution in [0.25, 0.3) is 6.08 Å². The number of rotatable bonds is 4. The number of benzene rings is 2. The molecule has 122 valence electrons. The number of nitriles is 1. The first kappa shape index (κ1) is 17.0. The summed E-state index contributed by atoms with van der Waals surface area (Å²) >= 11 is 0. The second kappa shape index (κ2) is 6.83. The molecule has 0 aliphatic heterocycles. The molecule has 24 heavy (non-hydrogen) atoms. The Morgan fingerprint density at radius 2 is 1.83 bits per heavy atom. The van der Waals surface area contributed by atoms with E-state index in [4.69, 9.17) is 10.00 Å². The second-order valence-electron chi connectivity index (χ2n) is 4.57. The highest BCUT2D eigenvalue weighted by Crippen LogP contribution is 2.37. The predicted molar refractivity (Wildman–Crippen MR) is 79.3 cm³/mol. The van der Waals surface area contributed by atoms with Crippen LogP contribution in [0.3, 0.4) is 0 Å². The van der Waals surface area contributed by atoms with E-state index in [0.717, 1.165) is 6.07 Å². The molecule has 0 radical (unpaired) electrons. The van der Waals surface area contributed by atoms with Crippen molar-refractivity contribution in [2.24, 2.45) is 0 Å². The van der Waals surface area contributed by atoms with Gasteiger partial charge in [-0.2, -0.15) is 18.4 Å². The van der Waals surface area contributed by atoms with E-state index in [1.54, 1.807) is 18.2 Å². The van der Waals surface area contributed by atoms with Crippen LogP contribution in [0.4, 0.5) is 18.9 Å². The highest BCUT2D eigenvalue weighted by Gasteiger charge is 2.33. The molecule has 0 fully saturated rings. The zero-order valence-electron chi connectivity index (χ0n) is 11.9. The average Bonchev–Trinajstić information content (AvgIpc) is 2.53. The number of ether oxygens (including phenoxy) is 1. The topological polar surface area (TPSA) is 76.2 Å². The molecule has 0 bridgehead atoms. The van der Waals surface area contributed by atoms with Crippen LogP contribution in [0.2, 0.25) is 0 Å². The number of nitrogens with zero attached hydrogens (tertiary/aromatic N) is 2. The van der Waals surface area contributed by atoms with Gasteiger partial charge in [0.2, 0.25) is 5.75 Å². The fourth-order valence-corrected chi connectivity index (χ4v) is 1.83. The molecular weight excluding hydrogens is 325 g/mol. The lowest BCUT2D eigenvalue weighted by molar-refractivity contribution is -0.385. The molecule has 0 aliphatic rings. The van der Waals surface area contributed by atoms with Gasteiger partial charge in [-0.05, 0) is 35.9 Å². The molecule has 0 saturated heterocycles. The van der Waals surface area contributed by atoms with Crippen LogP contribution >= 0.6 is 0 Å². The van der Waals surface area contributed by atoms with E-state index in [9.17, 15) is 23.3 Å². The standard InChI is InChI=1S/C16H9F3N2O3/c17-16(18,19)12-5-8-15(14(10-12)21(22)23)24-13-6-3-11(4-7-13)2-1-9-20/h1-8,10H. The Hall–Kier alpha value is -3.34. The molecule has 0 heterocycles. The van der Waals surface area contributed by atoms with E-state index < -0.39 is 22.4 Å². The van der Waals surface area contributed by atoms with Gasteiger partial charge in [-0.1, -0.05) is 12.1 Å². The maximum absolute atomic E-state index is 12.6. The van der Waals surface area contributed by atoms with Gasteiger partial charge in [0.05, 0.1) is 16.6 Å². The third-order valence-corrected chi connectivity index (χ3v) is 2.94. The van der Waals surface area contributed by atoms with Gasteiger partial charge in [-0.25, -0.2) is 0 Å². The molecular formula is C16H9F3N2O3. The summed E-state index contributed by atoms with van der Waals surface area (Å²) in [6.07, 6.45) is -1.86. The summed E-state index contributed by atoms with van der Waals surface area (Å²) in [7, 11) is 0. The first-order chi connectivity index (χ1) is 11.3. The lowest BCUT2D eigenvalue weighted by atomic mass is 10.1. The fourth-order valence-electron chi connectivity index (χ4n) is 1.83. The minimum Gasteiger partial charge on any atom is -0.450 e. The fraction of sp³-hybridized carbons (Fsp3) is 0.0625. The normalized spacial score (nSPS) is 11.2. The van der Waals surface area contributed by atoms with Gasteiger partial charge in [0.1, 0.15) is 5.75 Å². The Kier molecular flexibility index (Phi) is 4.84. The average molecular weight is 334 g/mol. The first-order valence-electron chi connectivity index (χ1n) is 6.51. The SMILES string of the molecule is N#CC=Cc1ccc(Oc2ccc(C(F)(F)F)cc2[N+](=O)[O-])cc1. The highest BCUT2D eigenvalue weighted by atomic mass is 19.4. The quantitative estimate of drug-likeness (QED) is 0.451. The summed E-state index contributed by atoms with van der Waals surface area (Å²) in [5.41, 5.74) is -1.21. The van der Waals surface area contributed by atoms with Gasteiger partial charge >= 0.3 is 11.9 Å². The zero-order valence-corrected chi connectivity index (χ0v) is 11.9. The van der Waals surface area contributed by atoms with Crippen molar-refractivity contribution >= 4 is 11.8 Å². The Labute approximate surface area is 134 Å². The van der Waals surface area contributed by atoms with Crippen LogP contribution in [0.5, 0.6) is 11.5 Å². The van der Waals surface area contributed by atoms with Gasteiger partial charge in [-0.3, -0.25) is 10.1 Å². The van der Waals surface area contributed by atoms with Crippen LogP contribution in [0, 0.1) is 21.4 Å². The number of halogens is 3. The molecule has 2 rings (SSSR count). The molecule has 0 saturated carbocycles. The molecule has 0 spiro atoms. The molecule has 8 heteroatoms. The van der Waals surface area contributed by atoms with E-state index in [-0.39, 0.29) is 11.5 Å². The number of hydrogen-bond donors (Lipinski definition) is 0. The molecule has 0 atom stereocenters. The molecule has 0 N–H and O–H groups in total. The number of allylic oxidation sites excluding steroid dienone is 1. The summed E-state index contributed by atoms with van der Waals surface area (Å²) in [6.45, 7) is 0. The minimum atomic E-state index is -4.68. The lowest BCUT2D eigenvalue weighted by Crippen LogP contribution is -2.06. The van der Waals surface area contributed by atoms with Gasteiger partial charge in [-0.15, -0.1) is 0 Å². The van der Waals surface area contributed by atoms with E-state index in [1.165, 1.54) is 18.2 Å². The number of nitro benzene ring substituents is 1. The van der Waals surface area contributed by atoms with E-state index in [1.807, 2.05) is 6.07 Å². The van der Waals surface area contributed by atoms with Crippen LogP contribution in [-0.2, 0) is 6.18 Å². The van der Waals surface area contributed by atoms with Crippen LogP contribution in [-0.4, -0.2) is 4.92 Å². The van der Waals surface area contributed by atoms with Crippen molar-refractivity contribution in [2.75, 3.05) is 0 Å². The van der Waals surface area contributed by atoms with Gasteiger partial charge in [0.25, 0.3) is 0 Å². The third kappa shape index (κ3) is 4.10. The maximum atomic E-state index is 12.6. The van der Waals surface area contributed by atoms with Crippen molar-refractivity contribution in [2.45, 2.75) is 6.18 Å². The summed E-state index contributed by atoms with van der Waals surface area (Å²) in [4.78, 5) is 10.0. The van der Waals surface area contributed by atoms with Crippen molar-refractivity contribution in [3.8, 4) is 17.6 Å². The first-order valence-corrected chi connectivity index (χ1v) is 6.51. The van der Waals surface area contributed by atoms with Crippen molar-refractivity contribution in [3.05, 3.63) is 69.8 Å². The molecule has 0 amide bonds. The second-order valence-corrected chi connectivity index (χ2v) is 4.57. The van der Waals surface area contributed by atoms with E-state index in [2.05, 4.69) is 0 Å². The van der Waals surface area contributed by atoms with Crippen molar-refractivity contribution < 1.29 is 22.8 Å². The van der Waals surface area contributed by atoms with Crippen LogP contribution in [0.15, 0.2) is 48.5 Å². The predicted octanol–water partition coefficient (Wildman–Crippen LogP) is 4.94. The summed E-state index contributed by atoms with van der Waals surface area (Å²) < 4.78 is 43.2. The Morgan fingerprint density at radius 3 is 2.38 bits per heavy atom. The highest BCUT2D eigenvalue weighted by molar-refractivity contribution is 5.54. The van der Waals surface area contributed by atoms with E-state index >= 15 is 0 Å². The number of nitro groups is 1. The van der Waals surface area contributed by atoms with Gasteiger partial charge in [0.15, 0.2) is 0 Å². The summed E-state index contributed by atoms with van der Waals surface area (Å²) in [5.74, 6) is -0.0831. The third-order valence-electron chi connectivity index (χ3n) is 2.94. The van der Waals surface area contributed by atoms with E-state index in [0.29, 0.717) is 17.7 Å². The van der Waals surface area contributed by atoms with Crippen LogP contribution in [0.1, 0.15) is 11.1 Å². The van der Waals surface area contributed by atoms with Crippen molar-refractivity contribution in [1.29, 1.82) is 5.26 Å². The largest absolute Gasteiger partial charge is 0.450 e. The number of hydrogen-bond acceptors (Lipinski definition) is 4. The molecule has 0 unspecified atom stereocenters. The Balaban J connectivity index is 2.31. The smallest absolute Gasteiger partial charge is 0.416 e. The molecule has 5 nitrogen and oxygen atoms in total. The lowest BCUT2D eigenvalue weighted by Gasteiger charge is -2.10. The molecule has 2 aromatic rings. The molecule has 2 aromatic carbocycles.